The third-order valence-electron chi connectivity index (χ3n) is 12.0. The summed E-state index contributed by atoms with van der Waals surface area (Å²) in [6.45, 7) is 0. The van der Waals surface area contributed by atoms with Crippen molar-refractivity contribution >= 4 is 39.0 Å². The maximum absolute atomic E-state index is 4.49. The molecule has 0 fully saturated rings. The van der Waals surface area contributed by atoms with Gasteiger partial charge in [-0.15, -0.1) is 0 Å². The first-order valence-corrected chi connectivity index (χ1v) is 20.3. The Bertz CT molecular complexity index is 3040. The summed E-state index contributed by atoms with van der Waals surface area (Å²) >= 11 is 0. The first-order chi connectivity index (χ1) is 29.3. The summed E-state index contributed by atoms with van der Waals surface area (Å²) in [5, 5.41) is 2.57. The SMILES string of the molecule is C1=C(c2ccc(N(c3ccc(-c4ccncc4)cc3)c3cccnc3)cc2)Cc2cccc3c2CC(=C1)c1c-3c(-c2ccccc2)c2ccccc2c1-c1ccccc1. The molecule has 3 heteroatoms. The summed E-state index contributed by atoms with van der Waals surface area (Å²) in [7, 11) is 0. The lowest BCUT2D eigenvalue weighted by molar-refractivity contribution is 1.14. The lowest BCUT2D eigenvalue weighted by Gasteiger charge is -2.32. The smallest absolute Gasteiger partial charge is 0.0644 e. The monoisotopic (exact) mass is 753 g/mol. The fraction of sp³-hybridized carbons (Fsp3) is 0.0357. The fourth-order valence-corrected chi connectivity index (χ4v) is 9.27. The fourth-order valence-electron chi connectivity index (χ4n) is 9.27. The normalized spacial score (nSPS) is 12.8. The van der Waals surface area contributed by atoms with E-state index in [1.807, 2.05) is 43.0 Å². The van der Waals surface area contributed by atoms with Crippen molar-refractivity contribution in [2.24, 2.45) is 0 Å². The highest BCUT2D eigenvalue weighted by Crippen LogP contribution is 2.54. The molecule has 59 heavy (non-hydrogen) atoms. The number of nitrogens with zero attached hydrogens (tertiary/aromatic N) is 3. The van der Waals surface area contributed by atoms with Crippen LogP contribution < -0.4 is 4.90 Å². The van der Waals surface area contributed by atoms with Crippen molar-refractivity contribution in [2.45, 2.75) is 12.8 Å². The average Bonchev–Trinajstić information content (AvgIpc) is 3.30. The Labute approximate surface area is 345 Å². The van der Waals surface area contributed by atoms with Crippen molar-refractivity contribution in [2.75, 3.05) is 4.90 Å². The minimum atomic E-state index is 0.851. The number of allylic oxidation sites excluding steroid dienone is 4. The summed E-state index contributed by atoms with van der Waals surface area (Å²) in [4.78, 5) is 11.0. The minimum Gasteiger partial charge on any atom is -0.309 e. The number of fused-ring (bicyclic) bond motifs is 5. The van der Waals surface area contributed by atoms with E-state index in [2.05, 4.69) is 185 Å². The molecule has 11 rings (SSSR count). The van der Waals surface area contributed by atoms with Crippen LogP contribution in [0.5, 0.6) is 0 Å². The molecular formula is C56H39N3. The first kappa shape index (κ1) is 34.6. The van der Waals surface area contributed by atoms with E-state index in [4.69, 9.17) is 0 Å². The van der Waals surface area contributed by atoms with Crippen LogP contribution >= 0.6 is 0 Å². The molecule has 0 amide bonds. The zero-order valence-electron chi connectivity index (χ0n) is 32.5. The molecule has 2 aliphatic rings. The van der Waals surface area contributed by atoms with Crippen LogP contribution in [-0.4, -0.2) is 9.97 Å². The predicted octanol–water partition coefficient (Wildman–Crippen LogP) is 14.3. The number of aromatic nitrogens is 2. The highest BCUT2D eigenvalue weighted by molar-refractivity contribution is 6.17. The van der Waals surface area contributed by atoms with Crippen LogP contribution in [-0.2, 0) is 12.8 Å². The van der Waals surface area contributed by atoms with Gasteiger partial charge in [-0.1, -0.05) is 140 Å². The quantitative estimate of drug-likeness (QED) is 0.162. The molecule has 0 aliphatic heterocycles. The van der Waals surface area contributed by atoms with Gasteiger partial charge in [-0.25, -0.2) is 0 Å². The second-order valence-electron chi connectivity index (χ2n) is 15.3. The second-order valence-corrected chi connectivity index (χ2v) is 15.3. The maximum Gasteiger partial charge on any atom is 0.0644 e. The summed E-state index contributed by atoms with van der Waals surface area (Å²) < 4.78 is 0. The van der Waals surface area contributed by atoms with Gasteiger partial charge in [0, 0.05) is 30.0 Å². The number of pyridine rings is 2. The number of benzene rings is 7. The van der Waals surface area contributed by atoms with Crippen molar-refractivity contribution in [1.82, 2.24) is 9.97 Å². The van der Waals surface area contributed by atoms with Gasteiger partial charge in [0.1, 0.15) is 0 Å². The van der Waals surface area contributed by atoms with E-state index in [1.54, 1.807) is 0 Å². The number of rotatable bonds is 7. The summed E-state index contributed by atoms with van der Waals surface area (Å²) in [6, 6.07) is 63.9. The third-order valence-corrected chi connectivity index (χ3v) is 12.0. The molecule has 2 bridgehead atoms. The summed E-state index contributed by atoms with van der Waals surface area (Å²) in [5.74, 6) is 0. The first-order valence-electron chi connectivity index (χ1n) is 20.3. The summed E-state index contributed by atoms with van der Waals surface area (Å²) in [6.07, 6.45) is 14.0. The van der Waals surface area contributed by atoms with Crippen LogP contribution in [0.3, 0.4) is 0 Å². The Kier molecular flexibility index (Phi) is 8.63. The molecule has 0 spiro atoms. The zero-order valence-corrected chi connectivity index (χ0v) is 32.5. The van der Waals surface area contributed by atoms with Crippen molar-refractivity contribution in [3.8, 4) is 44.5 Å². The Morgan fingerprint density at radius 2 is 0.949 bits per heavy atom. The largest absolute Gasteiger partial charge is 0.309 e. The molecule has 0 radical (unpaired) electrons. The molecule has 0 atom stereocenters. The van der Waals surface area contributed by atoms with Gasteiger partial charge in [-0.3, -0.25) is 9.97 Å². The maximum atomic E-state index is 4.49. The molecule has 2 aliphatic carbocycles. The Morgan fingerprint density at radius 1 is 0.356 bits per heavy atom. The molecule has 2 aromatic heterocycles. The molecule has 2 heterocycles. The number of anilines is 3. The van der Waals surface area contributed by atoms with Crippen LogP contribution in [0, 0.1) is 0 Å². The predicted molar refractivity (Wildman–Crippen MR) is 246 cm³/mol. The van der Waals surface area contributed by atoms with E-state index >= 15 is 0 Å². The van der Waals surface area contributed by atoms with Gasteiger partial charge in [0.25, 0.3) is 0 Å². The van der Waals surface area contributed by atoms with E-state index in [1.165, 1.54) is 77.6 Å². The van der Waals surface area contributed by atoms with Gasteiger partial charge in [0.2, 0.25) is 0 Å². The lowest BCUT2D eigenvalue weighted by atomic mass is 9.71. The molecule has 9 aromatic rings. The van der Waals surface area contributed by atoms with Crippen molar-refractivity contribution in [3.05, 3.63) is 235 Å². The molecular weight excluding hydrogens is 715 g/mol. The molecule has 3 nitrogen and oxygen atoms in total. The van der Waals surface area contributed by atoms with Gasteiger partial charge in [0.05, 0.1) is 11.9 Å². The van der Waals surface area contributed by atoms with Crippen LogP contribution in [0.25, 0.3) is 66.4 Å². The third kappa shape index (κ3) is 6.16. The van der Waals surface area contributed by atoms with Crippen molar-refractivity contribution in [1.29, 1.82) is 0 Å². The zero-order chi connectivity index (χ0) is 39.1. The van der Waals surface area contributed by atoms with E-state index in [-0.39, 0.29) is 0 Å². The van der Waals surface area contributed by atoms with Gasteiger partial charge in [0.15, 0.2) is 0 Å². The number of hydrogen-bond donors (Lipinski definition) is 0. The highest BCUT2D eigenvalue weighted by atomic mass is 15.1. The van der Waals surface area contributed by atoms with Crippen LogP contribution in [0.4, 0.5) is 17.1 Å². The summed E-state index contributed by atoms with van der Waals surface area (Å²) in [5.41, 5.74) is 21.3. The van der Waals surface area contributed by atoms with Crippen LogP contribution in [0.15, 0.2) is 213 Å². The van der Waals surface area contributed by atoms with Crippen molar-refractivity contribution < 1.29 is 0 Å². The Morgan fingerprint density at radius 3 is 1.59 bits per heavy atom. The molecule has 0 saturated heterocycles. The molecule has 0 unspecified atom stereocenters. The van der Waals surface area contributed by atoms with Gasteiger partial charge < -0.3 is 4.90 Å². The van der Waals surface area contributed by atoms with Gasteiger partial charge >= 0.3 is 0 Å². The number of hydrogen-bond acceptors (Lipinski definition) is 3. The van der Waals surface area contributed by atoms with Gasteiger partial charge in [-0.05, 0) is 150 Å². The van der Waals surface area contributed by atoms with E-state index in [9.17, 15) is 0 Å². The van der Waals surface area contributed by atoms with Crippen LogP contribution in [0.2, 0.25) is 0 Å². The molecule has 278 valence electrons. The van der Waals surface area contributed by atoms with E-state index in [0.717, 1.165) is 41.0 Å². The standard InChI is InChI=1S/C56H39N3/c1-3-11-41(12-4-1)53-49-17-7-8-18-50(49)54(42-13-5-2-6-14-42)56-51-19-9-15-44-35-43(20-21-45(55(53)56)36-52(44)51)39-24-28-47(29-25-39)59(48-16-10-32-58-37-48)46-26-22-38(23-27-46)40-30-33-57-34-31-40/h1-34,37H,35-36H2. The lowest BCUT2D eigenvalue weighted by Crippen LogP contribution is -2.12. The van der Waals surface area contributed by atoms with E-state index in [0.29, 0.717) is 0 Å². The van der Waals surface area contributed by atoms with E-state index < -0.39 is 0 Å². The Balaban J connectivity index is 1.06. The average molecular weight is 754 g/mol. The van der Waals surface area contributed by atoms with Gasteiger partial charge in [-0.2, -0.15) is 0 Å². The van der Waals surface area contributed by atoms with Crippen molar-refractivity contribution in [3.63, 3.8) is 0 Å². The molecule has 7 aromatic carbocycles. The molecule has 0 saturated carbocycles. The topological polar surface area (TPSA) is 29.0 Å². The van der Waals surface area contributed by atoms with Crippen LogP contribution in [0.1, 0.15) is 22.3 Å². The minimum absolute atomic E-state index is 0.851. The Hall–Kier alpha value is -7.62. The second kappa shape index (κ2) is 14.7. The highest BCUT2D eigenvalue weighted by Gasteiger charge is 2.31. The molecule has 0 N–H and O–H groups in total.